The Morgan fingerprint density at radius 1 is 1.14 bits per heavy atom. The van der Waals surface area contributed by atoms with Crippen molar-refractivity contribution in [3.05, 3.63) is 52.5 Å². The second-order valence-electron chi connectivity index (χ2n) is 8.76. The number of nitrogens with one attached hydrogen (secondary N) is 2. The van der Waals surface area contributed by atoms with Gasteiger partial charge in [-0.1, -0.05) is 22.8 Å². The van der Waals surface area contributed by atoms with Gasteiger partial charge < -0.3 is 19.4 Å². The van der Waals surface area contributed by atoms with Crippen LogP contribution in [0.5, 0.6) is 5.75 Å². The Labute approximate surface area is 213 Å². The largest absolute Gasteiger partial charge is 0.493 e. The van der Waals surface area contributed by atoms with Crippen molar-refractivity contribution in [1.29, 1.82) is 0 Å². The number of hydrogen-bond acceptors (Lipinski definition) is 8. The number of amides is 2. The summed E-state index contributed by atoms with van der Waals surface area (Å²) in [6, 6.07) is 8.18. The molecular weight excluding hydrogens is 515 g/mol. The first kappa shape index (κ1) is 24.9. The lowest BCUT2D eigenvalue weighted by atomic mass is 9.90. The number of halogens is 4. The van der Waals surface area contributed by atoms with E-state index >= 15 is 0 Å². The van der Waals surface area contributed by atoms with Crippen molar-refractivity contribution in [2.24, 2.45) is 0 Å². The molecule has 0 radical (unpaired) electrons. The molecule has 2 aliphatic rings. The molecule has 2 saturated heterocycles. The summed E-state index contributed by atoms with van der Waals surface area (Å²) in [5, 5.41) is 13.6. The van der Waals surface area contributed by atoms with E-state index in [9.17, 15) is 22.8 Å². The van der Waals surface area contributed by atoms with Gasteiger partial charge in [0.15, 0.2) is 5.75 Å². The quantitative estimate of drug-likeness (QED) is 0.451. The number of imide groups is 1. The number of methoxy groups -OCH3 is 1. The van der Waals surface area contributed by atoms with Crippen molar-refractivity contribution in [3.8, 4) is 17.2 Å². The number of aromatic nitrogens is 2. The first-order valence-corrected chi connectivity index (χ1v) is 11.7. The first-order chi connectivity index (χ1) is 17.6. The summed E-state index contributed by atoms with van der Waals surface area (Å²) in [6.07, 6.45) is -3.80. The van der Waals surface area contributed by atoms with Crippen molar-refractivity contribution in [2.75, 3.05) is 30.4 Å². The Bertz CT molecular complexity index is 1340. The molecule has 2 aromatic carbocycles. The fraction of sp³-hybridized carbons (Fsp3) is 0.333. The second-order valence-corrected chi connectivity index (χ2v) is 9.14. The maximum atomic E-state index is 12.8. The van der Waals surface area contributed by atoms with E-state index in [1.54, 1.807) is 6.07 Å². The molecule has 3 heterocycles. The number of alkyl halides is 3. The zero-order chi connectivity index (χ0) is 26.3. The highest BCUT2D eigenvalue weighted by Gasteiger charge is 2.35. The van der Waals surface area contributed by atoms with Crippen molar-refractivity contribution < 1.29 is 31.9 Å². The number of carbonyl (C=O) groups is 2. The van der Waals surface area contributed by atoms with E-state index in [1.165, 1.54) is 19.2 Å². The summed E-state index contributed by atoms with van der Waals surface area (Å²) >= 11 is 6.61. The summed E-state index contributed by atoms with van der Waals surface area (Å²) in [5.41, 5.74) is 0.963. The number of benzene rings is 2. The first-order valence-electron chi connectivity index (χ1n) is 11.4. The zero-order valence-corrected chi connectivity index (χ0v) is 20.2. The summed E-state index contributed by atoms with van der Waals surface area (Å²) < 4.78 is 49.4. The van der Waals surface area contributed by atoms with E-state index in [-0.39, 0.29) is 36.2 Å². The van der Waals surface area contributed by atoms with Crippen LogP contribution in [-0.4, -0.2) is 48.3 Å². The van der Waals surface area contributed by atoms with Crippen LogP contribution in [0.4, 0.5) is 24.9 Å². The SMILES string of the molecule is COc1c(N2CC(Nc3nnc(-c4ccc(C(F)(F)F)cc4)o3)C2)ccc(C2CCC(=O)NC2=O)c1Cl. The molecule has 3 aromatic rings. The van der Waals surface area contributed by atoms with Crippen molar-refractivity contribution in [1.82, 2.24) is 15.5 Å². The molecule has 2 amide bonds. The number of rotatable bonds is 6. The molecule has 0 saturated carbocycles. The van der Waals surface area contributed by atoms with E-state index in [0.717, 1.165) is 17.8 Å². The van der Waals surface area contributed by atoms with Gasteiger partial charge >= 0.3 is 12.2 Å². The van der Waals surface area contributed by atoms with Gasteiger partial charge in [-0.15, -0.1) is 5.10 Å². The minimum atomic E-state index is -4.42. The van der Waals surface area contributed by atoms with Gasteiger partial charge in [0, 0.05) is 25.1 Å². The number of hydrogen-bond donors (Lipinski definition) is 2. The predicted octanol–water partition coefficient (Wildman–Crippen LogP) is 4.24. The highest BCUT2D eigenvalue weighted by Crippen LogP contribution is 2.43. The van der Waals surface area contributed by atoms with Crippen molar-refractivity contribution >= 4 is 35.1 Å². The number of piperidine rings is 1. The number of nitrogens with zero attached hydrogens (tertiary/aromatic N) is 3. The van der Waals surface area contributed by atoms with Crippen LogP contribution in [0.15, 0.2) is 40.8 Å². The highest BCUT2D eigenvalue weighted by molar-refractivity contribution is 6.33. The van der Waals surface area contributed by atoms with Gasteiger partial charge in [0.1, 0.15) is 0 Å². The van der Waals surface area contributed by atoms with E-state index in [0.29, 0.717) is 41.4 Å². The summed E-state index contributed by atoms with van der Waals surface area (Å²) in [5.74, 6) is -0.672. The van der Waals surface area contributed by atoms with Crippen LogP contribution in [0.1, 0.15) is 29.9 Å². The molecule has 1 unspecified atom stereocenters. The Kier molecular flexibility index (Phi) is 6.44. The summed E-state index contributed by atoms with van der Waals surface area (Å²) in [7, 11) is 1.50. The van der Waals surface area contributed by atoms with Gasteiger partial charge in [-0.25, -0.2) is 0 Å². The number of ether oxygens (including phenoxy) is 1. The molecule has 13 heteroatoms. The van der Waals surface area contributed by atoms with Gasteiger partial charge in [-0.05, 0) is 42.3 Å². The Morgan fingerprint density at radius 2 is 1.86 bits per heavy atom. The topological polar surface area (TPSA) is 110 Å². The summed E-state index contributed by atoms with van der Waals surface area (Å²) in [4.78, 5) is 25.8. The monoisotopic (exact) mass is 535 g/mol. The third kappa shape index (κ3) is 4.93. The molecule has 0 bridgehead atoms. The molecule has 0 aliphatic carbocycles. The van der Waals surface area contributed by atoms with Crippen LogP contribution in [0.3, 0.4) is 0 Å². The van der Waals surface area contributed by atoms with Gasteiger partial charge in [-0.2, -0.15) is 13.2 Å². The van der Waals surface area contributed by atoms with Crippen molar-refractivity contribution in [3.63, 3.8) is 0 Å². The highest BCUT2D eigenvalue weighted by atomic mass is 35.5. The third-order valence-electron chi connectivity index (χ3n) is 6.36. The van der Waals surface area contributed by atoms with Crippen LogP contribution >= 0.6 is 11.6 Å². The molecule has 194 valence electrons. The molecule has 37 heavy (non-hydrogen) atoms. The predicted molar refractivity (Wildman–Crippen MR) is 127 cm³/mol. The maximum Gasteiger partial charge on any atom is 0.416 e. The normalized spacial score (nSPS) is 18.4. The van der Waals surface area contributed by atoms with Crippen LogP contribution < -0.4 is 20.3 Å². The molecule has 9 nitrogen and oxygen atoms in total. The lowest BCUT2D eigenvalue weighted by Crippen LogP contribution is -2.55. The standard InChI is InChI=1S/C24H21ClF3N5O4/c1-36-20-17(8-6-15(19(20)25)16-7-9-18(34)30-21(16)35)33-10-14(11-33)29-23-32-31-22(37-23)12-2-4-13(5-3-12)24(26,27)28/h2-6,8,14,16H,7,9-11H2,1H3,(H,29,32)(H,30,34,35). The van der Waals surface area contributed by atoms with Crippen LogP contribution in [0, 0.1) is 0 Å². The molecular formula is C24H21ClF3N5O4. The molecule has 1 aromatic heterocycles. The Morgan fingerprint density at radius 3 is 2.51 bits per heavy atom. The van der Waals surface area contributed by atoms with Crippen molar-refractivity contribution in [2.45, 2.75) is 31.0 Å². The van der Waals surface area contributed by atoms with Crippen LogP contribution in [-0.2, 0) is 15.8 Å². The molecule has 5 rings (SSSR count). The number of anilines is 2. The maximum absolute atomic E-state index is 12.8. The van der Waals surface area contributed by atoms with E-state index < -0.39 is 17.7 Å². The van der Waals surface area contributed by atoms with E-state index in [2.05, 4.69) is 20.8 Å². The van der Waals surface area contributed by atoms with E-state index in [1.807, 2.05) is 11.0 Å². The molecule has 1 atom stereocenters. The second kappa shape index (κ2) is 9.58. The fourth-order valence-corrected chi connectivity index (χ4v) is 4.77. The molecule has 0 spiro atoms. The zero-order valence-electron chi connectivity index (χ0n) is 19.4. The van der Waals surface area contributed by atoms with E-state index in [4.69, 9.17) is 20.8 Å². The molecule has 2 N–H and O–H groups in total. The lowest BCUT2D eigenvalue weighted by Gasteiger charge is -2.41. The average molecular weight is 536 g/mol. The smallest absolute Gasteiger partial charge is 0.416 e. The van der Waals surface area contributed by atoms with Gasteiger partial charge in [0.2, 0.25) is 17.7 Å². The third-order valence-corrected chi connectivity index (χ3v) is 6.75. The number of carbonyl (C=O) groups excluding carboxylic acids is 2. The minimum Gasteiger partial charge on any atom is -0.493 e. The van der Waals surface area contributed by atoms with Gasteiger partial charge in [-0.3, -0.25) is 14.9 Å². The molecule has 2 aliphatic heterocycles. The lowest BCUT2D eigenvalue weighted by molar-refractivity contribution is -0.137. The van der Waals surface area contributed by atoms with Crippen LogP contribution in [0.25, 0.3) is 11.5 Å². The Balaban J connectivity index is 1.23. The average Bonchev–Trinajstić information content (AvgIpc) is 3.30. The fourth-order valence-electron chi connectivity index (χ4n) is 4.40. The molecule has 2 fully saturated rings. The van der Waals surface area contributed by atoms with Crippen LogP contribution in [0.2, 0.25) is 5.02 Å². The van der Waals surface area contributed by atoms with Gasteiger partial charge in [0.05, 0.1) is 35.3 Å². The Hall–Kier alpha value is -3.80. The summed E-state index contributed by atoms with van der Waals surface area (Å²) in [6.45, 7) is 1.12. The minimum absolute atomic E-state index is 0.0424. The van der Waals surface area contributed by atoms with Gasteiger partial charge in [0.25, 0.3) is 0 Å².